The van der Waals surface area contributed by atoms with Crippen LogP contribution in [0.25, 0.3) is 6.08 Å². The number of thiocarbonyl (C=S) groups is 1. The molecule has 2 amide bonds. The van der Waals surface area contributed by atoms with E-state index in [1.807, 2.05) is 32.0 Å². The van der Waals surface area contributed by atoms with E-state index in [9.17, 15) is 9.59 Å². The lowest BCUT2D eigenvalue weighted by molar-refractivity contribution is -0.122. The Morgan fingerprint density at radius 2 is 1.78 bits per heavy atom. The predicted molar refractivity (Wildman–Crippen MR) is 113 cm³/mol. The molecular formula is C20H17BrN2O3S. The molecule has 1 heterocycles. The lowest BCUT2D eigenvalue weighted by atomic mass is 10.1. The maximum Gasteiger partial charge on any atom is 0.270 e. The zero-order chi connectivity index (χ0) is 19.7. The molecule has 138 valence electrons. The summed E-state index contributed by atoms with van der Waals surface area (Å²) in [7, 11) is 1.57. The Morgan fingerprint density at radius 1 is 1.11 bits per heavy atom. The first-order chi connectivity index (χ1) is 12.8. The second-order valence-electron chi connectivity index (χ2n) is 6.20. The first-order valence-corrected chi connectivity index (χ1v) is 9.33. The van der Waals surface area contributed by atoms with Crippen molar-refractivity contribution >= 4 is 56.8 Å². The fourth-order valence-corrected chi connectivity index (χ4v) is 3.75. The van der Waals surface area contributed by atoms with Crippen LogP contribution in [-0.4, -0.2) is 24.0 Å². The van der Waals surface area contributed by atoms with E-state index < -0.39 is 11.8 Å². The Labute approximate surface area is 171 Å². The zero-order valence-electron chi connectivity index (χ0n) is 15.0. The average molecular weight is 445 g/mol. The van der Waals surface area contributed by atoms with Crippen LogP contribution < -0.4 is 15.0 Å². The van der Waals surface area contributed by atoms with E-state index in [0.29, 0.717) is 17.0 Å². The topological polar surface area (TPSA) is 58.6 Å². The summed E-state index contributed by atoms with van der Waals surface area (Å²) in [5, 5.41) is 2.67. The Balaban J connectivity index is 2.03. The number of nitrogens with zero attached hydrogens (tertiary/aromatic N) is 1. The Hall–Kier alpha value is -2.51. The fourth-order valence-electron chi connectivity index (χ4n) is 2.91. The SMILES string of the molecule is COc1ccc(/C=C2\C(=O)NC(=S)N(c3cc(C)cc(C)c3)C2=O)cc1Br. The number of benzene rings is 2. The van der Waals surface area contributed by atoms with Gasteiger partial charge in [-0.25, -0.2) is 0 Å². The highest BCUT2D eigenvalue weighted by atomic mass is 79.9. The van der Waals surface area contributed by atoms with Gasteiger partial charge in [0.05, 0.1) is 17.3 Å². The molecule has 5 nitrogen and oxygen atoms in total. The van der Waals surface area contributed by atoms with Crippen molar-refractivity contribution in [3.63, 3.8) is 0 Å². The van der Waals surface area contributed by atoms with E-state index in [2.05, 4.69) is 21.2 Å². The molecule has 0 saturated carbocycles. The van der Waals surface area contributed by atoms with Gasteiger partial charge in [0.15, 0.2) is 5.11 Å². The van der Waals surface area contributed by atoms with Crippen molar-refractivity contribution < 1.29 is 14.3 Å². The highest BCUT2D eigenvalue weighted by Gasteiger charge is 2.34. The number of aryl methyl sites for hydroxylation is 2. The fraction of sp³-hybridized carbons (Fsp3) is 0.150. The molecule has 27 heavy (non-hydrogen) atoms. The van der Waals surface area contributed by atoms with Gasteiger partial charge in [0.25, 0.3) is 11.8 Å². The standard InChI is InChI=1S/C20H17BrN2O3S/c1-11-6-12(2)8-14(7-11)23-19(25)15(18(24)22-20(23)27)9-13-4-5-17(26-3)16(21)10-13/h4-10H,1-3H3,(H,22,24,27)/b15-9+. The molecule has 0 unspecified atom stereocenters. The third kappa shape index (κ3) is 3.94. The quantitative estimate of drug-likeness (QED) is 0.442. The van der Waals surface area contributed by atoms with Crippen LogP contribution in [0.1, 0.15) is 16.7 Å². The number of halogens is 1. The van der Waals surface area contributed by atoms with Crippen molar-refractivity contribution in [2.45, 2.75) is 13.8 Å². The van der Waals surface area contributed by atoms with Gasteiger partial charge in [0.2, 0.25) is 0 Å². The van der Waals surface area contributed by atoms with Crippen molar-refractivity contribution in [3.05, 3.63) is 63.1 Å². The largest absolute Gasteiger partial charge is 0.496 e. The number of rotatable bonds is 3. The van der Waals surface area contributed by atoms with Crippen molar-refractivity contribution in [3.8, 4) is 5.75 Å². The molecule has 0 bridgehead atoms. The molecule has 1 saturated heterocycles. The van der Waals surface area contributed by atoms with E-state index in [-0.39, 0.29) is 10.7 Å². The minimum absolute atomic E-state index is 0.0137. The van der Waals surface area contributed by atoms with Crippen LogP contribution in [0.3, 0.4) is 0 Å². The third-order valence-electron chi connectivity index (χ3n) is 4.05. The second kappa shape index (κ2) is 7.62. The molecule has 3 rings (SSSR count). The van der Waals surface area contributed by atoms with Crippen molar-refractivity contribution in [1.29, 1.82) is 0 Å². The average Bonchev–Trinajstić information content (AvgIpc) is 2.57. The molecule has 7 heteroatoms. The molecule has 1 N–H and O–H groups in total. The number of amides is 2. The van der Waals surface area contributed by atoms with E-state index in [4.69, 9.17) is 17.0 Å². The molecule has 0 radical (unpaired) electrons. The summed E-state index contributed by atoms with van der Waals surface area (Å²) < 4.78 is 5.93. The molecule has 2 aromatic carbocycles. The van der Waals surface area contributed by atoms with Crippen LogP contribution in [-0.2, 0) is 9.59 Å². The maximum atomic E-state index is 13.1. The first-order valence-electron chi connectivity index (χ1n) is 8.13. The van der Waals surface area contributed by atoms with Crippen molar-refractivity contribution in [1.82, 2.24) is 5.32 Å². The van der Waals surface area contributed by atoms with E-state index in [0.717, 1.165) is 15.6 Å². The normalized spacial score (nSPS) is 15.9. The van der Waals surface area contributed by atoms with Crippen LogP contribution in [0, 0.1) is 13.8 Å². The number of nitrogens with one attached hydrogen (secondary N) is 1. The van der Waals surface area contributed by atoms with Gasteiger partial charge in [-0.3, -0.25) is 19.8 Å². The summed E-state index contributed by atoms with van der Waals surface area (Å²) in [4.78, 5) is 26.8. The molecule has 1 aliphatic heterocycles. The lowest BCUT2D eigenvalue weighted by Crippen LogP contribution is -2.54. The van der Waals surface area contributed by atoms with Gasteiger partial charge in [-0.15, -0.1) is 0 Å². The summed E-state index contributed by atoms with van der Waals surface area (Å²) in [6, 6.07) is 11.0. The van der Waals surface area contributed by atoms with Crippen LogP contribution >= 0.6 is 28.1 Å². The molecule has 2 aromatic rings. The Morgan fingerprint density at radius 3 is 2.37 bits per heavy atom. The van der Waals surface area contributed by atoms with Gasteiger partial charge in [-0.2, -0.15) is 0 Å². The summed E-state index contributed by atoms with van der Waals surface area (Å²) in [5.41, 5.74) is 3.34. The smallest absolute Gasteiger partial charge is 0.270 e. The van der Waals surface area contributed by atoms with Crippen LogP contribution in [0.5, 0.6) is 5.75 Å². The predicted octanol–water partition coefficient (Wildman–Crippen LogP) is 3.91. The first kappa shape index (κ1) is 19.3. The van der Waals surface area contributed by atoms with Crippen molar-refractivity contribution in [2.75, 3.05) is 12.0 Å². The lowest BCUT2D eigenvalue weighted by Gasteiger charge is -2.29. The number of anilines is 1. The molecule has 1 aliphatic rings. The molecule has 0 aromatic heterocycles. The summed E-state index contributed by atoms with van der Waals surface area (Å²) >= 11 is 8.65. The molecule has 1 fully saturated rings. The number of carbonyl (C=O) groups excluding carboxylic acids is 2. The van der Waals surface area contributed by atoms with Crippen LogP contribution in [0.4, 0.5) is 5.69 Å². The summed E-state index contributed by atoms with van der Waals surface area (Å²) in [6.45, 7) is 3.89. The Bertz CT molecular complexity index is 980. The Kier molecular flexibility index (Phi) is 5.43. The summed E-state index contributed by atoms with van der Waals surface area (Å²) in [5.74, 6) is -0.312. The number of methoxy groups -OCH3 is 1. The van der Waals surface area contributed by atoms with E-state index >= 15 is 0 Å². The van der Waals surface area contributed by atoms with Gasteiger partial charge in [-0.1, -0.05) is 12.1 Å². The third-order valence-corrected chi connectivity index (χ3v) is 4.96. The number of hydrogen-bond acceptors (Lipinski definition) is 4. The number of ether oxygens (including phenoxy) is 1. The zero-order valence-corrected chi connectivity index (χ0v) is 17.4. The monoisotopic (exact) mass is 444 g/mol. The highest BCUT2D eigenvalue weighted by Crippen LogP contribution is 2.28. The van der Waals surface area contributed by atoms with Gasteiger partial charge in [0, 0.05) is 0 Å². The van der Waals surface area contributed by atoms with Crippen molar-refractivity contribution in [2.24, 2.45) is 0 Å². The van der Waals surface area contributed by atoms with Gasteiger partial charge in [0.1, 0.15) is 11.3 Å². The minimum Gasteiger partial charge on any atom is -0.496 e. The maximum absolute atomic E-state index is 13.1. The van der Waals surface area contributed by atoms with E-state index in [1.165, 1.54) is 4.90 Å². The molecule has 0 spiro atoms. The second-order valence-corrected chi connectivity index (χ2v) is 7.44. The highest BCUT2D eigenvalue weighted by molar-refractivity contribution is 9.10. The van der Waals surface area contributed by atoms with Gasteiger partial charge >= 0.3 is 0 Å². The molecular weight excluding hydrogens is 428 g/mol. The van der Waals surface area contributed by atoms with Gasteiger partial charge < -0.3 is 4.74 Å². The molecule has 0 aliphatic carbocycles. The molecule has 0 atom stereocenters. The number of hydrogen-bond donors (Lipinski definition) is 1. The van der Waals surface area contributed by atoms with E-state index in [1.54, 1.807) is 31.4 Å². The van der Waals surface area contributed by atoms with Crippen LogP contribution in [0.2, 0.25) is 0 Å². The van der Waals surface area contributed by atoms with Gasteiger partial charge in [-0.05, 0) is 89.0 Å². The number of carbonyl (C=O) groups is 2. The van der Waals surface area contributed by atoms with Crippen LogP contribution in [0.15, 0.2) is 46.4 Å². The minimum atomic E-state index is -0.516. The summed E-state index contributed by atoms with van der Waals surface area (Å²) in [6.07, 6.45) is 1.54.